The highest BCUT2D eigenvalue weighted by atomic mass is 16.5. The van der Waals surface area contributed by atoms with E-state index < -0.39 is 0 Å². The number of hydrogen-bond donors (Lipinski definition) is 2. The van der Waals surface area contributed by atoms with Crippen LogP contribution in [0.3, 0.4) is 0 Å². The summed E-state index contributed by atoms with van der Waals surface area (Å²) in [5, 5.41) is 9.63. The maximum Gasteiger partial charge on any atom is 0.273 e. The Hall–Kier alpha value is -4.08. The van der Waals surface area contributed by atoms with Crippen LogP contribution in [0.2, 0.25) is 0 Å². The molecule has 0 radical (unpaired) electrons. The van der Waals surface area contributed by atoms with E-state index in [9.17, 15) is 14.4 Å². The number of rotatable bonds is 6. The summed E-state index contributed by atoms with van der Waals surface area (Å²) in [6, 6.07) is 10.0. The molecule has 0 fully saturated rings. The summed E-state index contributed by atoms with van der Waals surface area (Å²) < 4.78 is 6.25. The maximum absolute atomic E-state index is 12.4. The molecule has 1 amide bonds. The molecule has 0 aliphatic heterocycles. The van der Waals surface area contributed by atoms with E-state index in [1.165, 1.54) is 0 Å². The average Bonchev–Trinajstić information content (AvgIpc) is 3.23. The first-order valence-electron chi connectivity index (χ1n) is 8.83. The highest BCUT2D eigenvalue weighted by molar-refractivity contribution is 5.80. The van der Waals surface area contributed by atoms with Crippen molar-refractivity contribution in [1.29, 1.82) is 0 Å². The summed E-state index contributed by atoms with van der Waals surface area (Å²) in [6.45, 7) is 0.0941. The molecule has 4 rings (SSSR count). The lowest BCUT2D eigenvalue weighted by Gasteiger charge is -2.07. The lowest BCUT2D eigenvalue weighted by Crippen LogP contribution is -2.32. The smallest absolute Gasteiger partial charge is 0.273 e. The fraction of sp³-hybridized carbons (Fsp3) is 0.158. The van der Waals surface area contributed by atoms with Crippen LogP contribution >= 0.6 is 0 Å². The predicted molar refractivity (Wildman–Crippen MR) is 103 cm³/mol. The SMILES string of the molecule is O=C(CCn1[nH]c(=O)c2ccccc2c1=O)NCc1nc(-c2ccncc2)no1. The second-order valence-electron chi connectivity index (χ2n) is 6.22. The zero-order valence-corrected chi connectivity index (χ0v) is 15.2. The molecule has 0 aliphatic rings. The third kappa shape index (κ3) is 3.95. The molecule has 0 bridgehead atoms. The number of nitrogens with zero attached hydrogens (tertiary/aromatic N) is 4. The predicted octanol–water partition coefficient (Wildman–Crippen LogP) is 0.841. The van der Waals surface area contributed by atoms with E-state index in [0.717, 1.165) is 10.2 Å². The largest absolute Gasteiger partial charge is 0.347 e. The lowest BCUT2D eigenvalue weighted by atomic mass is 10.2. The zero-order chi connectivity index (χ0) is 20.2. The fourth-order valence-corrected chi connectivity index (χ4v) is 2.82. The van der Waals surface area contributed by atoms with Crippen molar-refractivity contribution in [3.63, 3.8) is 0 Å². The van der Waals surface area contributed by atoms with Crippen molar-refractivity contribution in [2.24, 2.45) is 0 Å². The van der Waals surface area contributed by atoms with Gasteiger partial charge in [-0.15, -0.1) is 0 Å². The highest BCUT2D eigenvalue weighted by Gasteiger charge is 2.11. The van der Waals surface area contributed by atoms with Gasteiger partial charge >= 0.3 is 0 Å². The minimum atomic E-state index is -0.380. The summed E-state index contributed by atoms with van der Waals surface area (Å²) in [4.78, 5) is 44.8. The topological polar surface area (TPSA) is 136 Å². The molecular formula is C19H16N6O4. The minimum absolute atomic E-state index is 0.000460. The molecule has 3 heterocycles. The number of benzene rings is 1. The molecule has 0 spiro atoms. The van der Waals surface area contributed by atoms with Gasteiger partial charge in [-0.05, 0) is 24.3 Å². The molecule has 29 heavy (non-hydrogen) atoms. The summed E-state index contributed by atoms with van der Waals surface area (Å²) in [5.74, 6) is 0.327. The third-order valence-corrected chi connectivity index (χ3v) is 4.29. The normalized spacial score (nSPS) is 10.9. The Morgan fingerprint density at radius 2 is 1.86 bits per heavy atom. The van der Waals surface area contributed by atoms with Gasteiger partial charge in [0.15, 0.2) is 0 Å². The van der Waals surface area contributed by atoms with Gasteiger partial charge in [0.2, 0.25) is 17.6 Å². The van der Waals surface area contributed by atoms with Gasteiger partial charge in [-0.2, -0.15) is 4.98 Å². The number of carbonyl (C=O) groups excluding carboxylic acids is 1. The molecule has 10 nitrogen and oxygen atoms in total. The molecule has 3 aromatic heterocycles. The third-order valence-electron chi connectivity index (χ3n) is 4.29. The Morgan fingerprint density at radius 1 is 1.10 bits per heavy atom. The van der Waals surface area contributed by atoms with E-state index >= 15 is 0 Å². The number of hydrogen-bond acceptors (Lipinski definition) is 7. The van der Waals surface area contributed by atoms with Crippen LogP contribution in [0, 0.1) is 0 Å². The Balaban J connectivity index is 1.37. The number of pyridine rings is 1. The average molecular weight is 392 g/mol. The van der Waals surface area contributed by atoms with Crippen molar-refractivity contribution >= 4 is 16.7 Å². The summed E-state index contributed by atoms with van der Waals surface area (Å²) in [6.07, 6.45) is 3.23. The highest BCUT2D eigenvalue weighted by Crippen LogP contribution is 2.13. The van der Waals surface area contributed by atoms with Gasteiger partial charge in [0.25, 0.3) is 11.1 Å². The number of aromatic amines is 1. The molecule has 1 aromatic carbocycles. The van der Waals surface area contributed by atoms with Gasteiger partial charge in [0.05, 0.1) is 23.9 Å². The molecule has 4 aromatic rings. The molecule has 0 saturated heterocycles. The van der Waals surface area contributed by atoms with E-state index in [4.69, 9.17) is 4.52 Å². The van der Waals surface area contributed by atoms with Crippen LogP contribution < -0.4 is 16.4 Å². The Kier molecular flexibility index (Phi) is 4.97. The van der Waals surface area contributed by atoms with Gasteiger partial charge in [-0.1, -0.05) is 17.3 Å². The van der Waals surface area contributed by atoms with Crippen LogP contribution in [0.5, 0.6) is 0 Å². The first-order chi connectivity index (χ1) is 14.1. The van der Waals surface area contributed by atoms with Gasteiger partial charge in [0, 0.05) is 24.4 Å². The molecular weight excluding hydrogens is 376 g/mol. The summed E-state index contributed by atoms with van der Waals surface area (Å²) in [5.41, 5.74) is 0.0166. The zero-order valence-electron chi connectivity index (χ0n) is 15.2. The Labute approximate surface area is 163 Å². The maximum atomic E-state index is 12.4. The van der Waals surface area contributed by atoms with E-state index in [-0.39, 0.29) is 42.4 Å². The molecule has 2 N–H and O–H groups in total. The Bertz CT molecular complexity index is 1280. The molecule has 146 valence electrons. The lowest BCUT2D eigenvalue weighted by molar-refractivity contribution is -0.121. The first kappa shape index (κ1) is 18.3. The molecule has 0 unspecified atom stereocenters. The second-order valence-corrected chi connectivity index (χ2v) is 6.22. The summed E-state index contributed by atoms with van der Waals surface area (Å²) >= 11 is 0. The van der Waals surface area contributed by atoms with Gasteiger partial charge in [-0.3, -0.25) is 24.5 Å². The van der Waals surface area contributed by atoms with Crippen LogP contribution in [-0.4, -0.2) is 30.8 Å². The van der Waals surface area contributed by atoms with Crippen molar-refractivity contribution < 1.29 is 9.32 Å². The van der Waals surface area contributed by atoms with E-state index in [0.29, 0.717) is 16.6 Å². The van der Waals surface area contributed by atoms with Crippen LogP contribution in [0.4, 0.5) is 0 Å². The van der Waals surface area contributed by atoms with Crippen molar-refractivity contribution in [3.8, 4) is 11.4 Å². The number of amides is 1. The number of fused-ring (bicyclic) bond motifs is 1. The second kappa shape index (κ2) is 7.89. The van der Waals surface area contributed by atoms with Crippen LogP contribution in [0.15, 0.2) is 62.9 Å². The van der Waals surface area contributed by atoms with Gasteiger partial charge in [0.1, 0.15) is 0 Å². The van der Waals surface area contributed by atoms with E-state index in [2.05, 4.69) is 25.5 Å². The number of H-pyrrole nitrogens is 1. The van der Waals surface area contributed by atoms with Gasteiger partial charge < -0.3 is 9.84 Å². The molecule has 0 aliphatic carbocycles. The monoisotopic (exact) mass is 392 g/mol. The van der Waals surface area contributed by atoms with Crippen LogP contribution in [0.25, 0.3) is 22.2 Å². The van der Waals surface area contributed by atoms with Crippen LogP contribution in [-0.2, 0) is 17.9 Å². The summed E-state index contributed by atoms with van der Waals surface area (Å²) in [7, 11) is 0. The Morgan fingerprint density at radius 3 is 2.66 bits per heavy atom. The standard InChI is InChI=1S/C19H16N6O4/c26-15(21-11-16-22-17(24-29-16)12-5-8-20-9-6-12)7-10-25-19(28)14-4-2-1-3-13(14)18(27)23-25/h1-6,8-9H,7,10-11H2,(H,21,26)(H,23,27). The number of aryl methyl sites for hydroxylation is 1. The number of aromatic nitrogens is 5. The molecule has 0 atom stereocenters. The van der Waals surface area contributed by atoms with Crippen molar-refractivity contribution in [1.82, 2.24) is 30.2 Å². The van der Waals surface area contributed by atoms with E-state index in [1.807, 2.05) is 0 Å². The number of nitrogens with one attached hydrogen (secondary N) is 2. The minimum Gasteiger partial charge on any atom is -0.347 e. The van der Waals surface area contributed by atoms with Crippen molar-refractivity contribution in [3.05, 3.63) is 75.4 Å². The van der Waals surface area contributed by atoms with Crippen molar-refractivity contribution in [2.45, 2.75) is 19.5 Å². The van der Waals surface area contributed by atoms with Gasteiger partial charge in [-0.25, -0.2) is 4.68 Å². The fourth-order valence-electron chi connectivity index (χ4n) is 2.82. The van der Waals surface area contributed by atoms with Crippen LogP contribution in [0.1, 0.15) is 12.3 Å². The quantitative estimate of drug-likeness (QED) is 0.496. The van der Waals surface area contributed by atoms with Crippen molar-refractivity contribution in [2.75, 3.05) is 0 Å². The molecule has 0 saturated carbocycles. The molecule has 10 heteroatoms. The number of carbonyl (C=O) groups is 1. The first-order valence-corrected chi connectivity index (χ1v) is 8.83. The van der Waals surface area contributed by atoms with E-state index in [1.54, 1.807) is 48.8 Å².